The van der Waals surface area contributed by atoms with Crippen LogP contribution in [0, 0.1) is 0 Å². The van der Waals surface area contributed by atoms with Crippen LogP contribution in [0.1, 0.15) is 42.4 Å². The molecule has 0 atom stereocenters. The van der Waals surface area contributed by atoms with E-state index in [9.17, 15) is 0 Å². The van der Waals surface area contributed by atoms with Crippen molar-refractivity contribution in [2.24, 2.45) is 0 Å². The molecular weight excluding hydrogens is 436 g/mol. The van der Waals surface area contributed by atoms with Crippen molar-refractivity contribution in [3.8, 4) is 11.5 Å². The molecule has 0 N–H and O–H groups in total. The molecule has 5 rings (SSSR count). The third kappa shape index (κ3) is 4.81. The Hall–Kier alpha value is -3.60. The van der Waals surface area contributed by atoms with Crippen molar-refractivity contribution in [2.75, 3.05) is 13.2 Å². The molecule has 178 valence electrons. The Balaban J connectivity index is 1.74. The van der Waals surface area contributed by atoms with Gasteiger partial charge in [-0.3, -0.25) is 0 Å². The molecule has 4 nitrogen and oxygen atoms in total. The maximum atomic E-state index is 7.19. The Morgan fingerprint density at radius 3 is 1.63 bits per heavy atom. The first kappa shape index (κ1) is 23.2. The van der Waals surface area contributed by atoms with Crippen LogP contribution < -0.4 is 9.47 Å². The van der Waals surface area contributed by atoms with Crippen LogP contribution in [0.3, 0.4) is 0 Å². The monoisotopic (exact) mass is 466 g/mol. The zero-order chi connectivity index (χ0) is 24.1. The first-order valence-electron chi connectivity index (χ1n) is 12.1. The van der Waals surface area contributed by atoms with Gasteiger partial charge in [-0.25, -0.2) is 0 Å². The second-order valence-corrected chi connectivity index (χ2v) is 8.82. The zero-order valence-electron chi connectivity index (χ0n) is 20.1. The second kappa shape index (κ2) is 10.3. The van der Waals surface area contributed by atoms with Gasteiger partial charge in [-0.15, -0.1) is 0 Å². The first-order chi connectivity index (χ1) is 17.2. The maximum Gasteiger partial charge on any atom is 0.187 e. The van der Waals surface area contributed by atoms with Gasteiger partial charge >= 0.3 is 0 Å². The Morgan fingerprint density at radius 1 is 0.686 bits per heavy atom. The van der Waals surface area contributed by atoms with Crippen molar-refractivity contribution in [1.82, 2.24) is 0 Å². The molecule has 0 spiro atoms. The lowest BCUT2D eigenvalue weighted by Crippen LogP contribution is -2.36. The van der Waals surface area contributed by atoms with E-state index in [-0.39, 0.29) is 6.10 Å². The summed E-state index contributed by atoms with van der Waals surface area (Å²) in [5.41, 5.74) is 2.99. The van der Waals surface area contributed by atoms with E-state index in [1.54, 1.807) is 0 Å². The van der Waals surface area contributed by atoms with Crippen molar-refractivity contribution in [2.45, 2.75) is 31.8 Å². The molecule has 4 aromatic carbocycles. The SMILES string of the molecule is CC(C)Oc1ccc(C2OCCO2)c(OC(c2ccccc2)(c2ccccc2)c2ccccc2)c1. The smallest absolute Gasteiger partial charge is 0.187 e. The van der Waals surface area contributed by atoms with E-state index in [0.29, 0.717) is 19.0 Å². The summed E-state index contributed by atoms with van der Waals surface area (Å²) >= 11 is 0. The van der Waals surface area contributed by atoms with Crippen molar-refractivity contribution >= 4 is 0 Å². The minimum Gasteiger partial charge on any atom is -0.491 e. The topological polar surface area (TPSA) is 36.9 Å². The molecular formula is C31H30O4. The highest BCUT2D eigenvalue weighted by Gasteiger charge is 2.40. The van der Waals surface area contributed by atoms with Gasteiger partial charge < -0.3 is 18.9 Å². The largest absolute Gasteiger partial charge is 0.491 e. The summed E-state index contributed by atoms with van der Waals surface area (Å²) < 4.78 is 25.0. The zero-order valence-corrected chi connectivity index (χ0v) is 20.1. The Bertz CT molecular complexity index is 1120. The lowest BCUT2D eigenvalue weighted by Gasteiger charge is -2.37. The van der Waals surface area contributed by atoms with Gasteiger partial charge in [0.15, 0.2) is 11.9 Å². The molecule has 0 saturated carbocycles. The fraction of sp³-hybridized carbons (Fsp3) is 0.226. The number of benzene rings is 4. The molecule has 1 aliphatic heterocycles. The van der Waals surface area contributed by atoms with E-state index in [0.717, 1.165) is 28.0 Å². The minimum absolute atomic E-state index is 0.0369. The van der Waals surface area contributed by atoms with Gasteiger partial charge in [0, 0.05) is 22.8 Å². The van der Waals surface area contributed by atoms with E-state index in [4.69, 9.17) is 18.9 Å². The number of ether oxygens (including phenoxy) is 4. The van der Waals surface area contributed by atoms with Gasteiger partial charge in [-0.1, -0.05) is 91.0 Å². The van der Waals surface area contributed by atoms with Crippen LogP contribution >= 0.6 is 0 Å². The van der Waals surface area contributed by atoms with E-state index in [2.05, 4.69) is 36.4 Å². The van der Waals surface area contributed by atoms with Crippen LogP contribution in [-0.2, 0) is 15.1 Å². The number of hydrogen-bond donors (Lipinski definition) is 0. The van der Waals surface area contributed by atoms with Crippen LogP contribution in [0.15, 0.2) is 109 Å². The molecule has 1 heterocycles. The van der Waals surface area contributed by atoms with Gasteiger partial charge in [-0.2, -0.15) is 0 Å². The summed E-state index contributed by atoms with van der Waals surface area (Å²) in [5, 5.41) is 0. The van der Waals surface area contributed by atoms with Crippen LogP contribution in [0.2, 0.25) is 0 Å². The van der Waals surface area contributed by atoms with Crippen molar-refractivity contribution in [1.29, 1.82) is 0 Å². The Kier molecular flexibility index (Phi) is 6.84. The average molecular weight is 467 g/mol. The summed E-state index contributed by atoms with van der Waals surface area (Å²) in [5.74, 6) is 1.39. The van der Waals surface area contributed by atoms with E-state index < -0.39 is 11.9 Å². The van der Waals surface area contributed by atoms with Crippen LogP contribution in [-0.4, -0.2) is 19.3 Å². The van der Waals surface area contributed by atoms with Crippen molar-refractivity contribution in [3.05, 3.63) is 131 Å². The minimum atomic E-state index is -0.909. The molecule has 0 amide bonds. The summed E-state index contributed by atoms with van der Waals surface area (Å²) in [6.45, 7) is 5.13. The fourth-order valence-corrected chi connectivity index (χ4v) is 4.54. The molecule has 1 fully saturated rings. The lowest BCUT2D eigenvalue weighted by molar-refractivity contribution is -0.0469. The van der Waals surface area contributed by atoms with Crippen LogP contribution in [0.25, 0.3) is 0 Å². The third-order valence-corrected chi connectivity index (χ3v) is 6.04. The molecule has 35 heavy (non-hydrogen) atoms. The van der Waals surface area contributed by atoms with Gasteiger partial charge in [0.2, 0.25) is 0 Å². The molecule has 1 saturated heterocycles. The molecule has 4 heteroatoms. The maximum absolute atomic E-state index is 7.19. The van der Waals surface area contributed by atoms with Crippen LogP contribution in [0.4, 0.5) is 0 Å². The number of hydrogen-bond acceptors (Lipinski definition) is 4. The second-order valence-electron chi connectivity index (χ2n) is 8.82. The highest BCUT2D eigenvalue weighted by molar-refractivity contribution is 5.51. The van der Waals surface area contributed by atoms with Gasteiger partial charge in [0.25, 0.3) is 0 Å². The first-order valence-corrected chi connectivity index (χ1v) is 12.1. The van der Waals surface area contributed by atoms with Gasteiger partial charge in [0.1, 0.15) is 11.5 Å². The van der Waals surface area contributed by atoms with E-state index >= 15 is 0 Å². The normalized spacial score (nSPS) is 14.3. The molecule has 0 radical (unpaired) electrons. The predicted molar refractivity (Wildman–Crippen MR) is 137 cm³/mol. The highest BCUT2D eigenvalue weighted by Crippen LogP contribution is 2.44. The van der Waals surface area contributed by atoms with Gasteiger partial charge in [0.05, 0.1) is 24.9 Å². The predicted octanol–water partition coefficient (Wildman–Crippen LogP) is 6.89. The van der Waals surface area contributed by atoms with Crippen molar-refractivity contribution < 1.29 is 18.9 Å². The molecule has 0 bridgehead atoms. The molecule has 0 aromatic heterocycles. The third-order valence-electron chi connectivity index (χ3n) is 6.04. The fourth-order valence-electron chi connectivity index (χ4n) is 4.54. The number of rotatable bonds is 8. The van der Waals surface area contributed by atoms with E-state index in [1.165, 1.54) is 0 Å². The standard InChI is InChI=1S/C31H30O4/c1-23(2)34-27-18-19-28(30-32-20-21-33-30)29(22-27)35-31(24-12-6-3-7-13-24,25-14-8-4-9-15-25)26-16-10-5-11-17-26/h3-19,22-23,30H,20-21H2,1-2H3. The summed E-state index contributed by atoms with van der Waals surface area (Å²) in [4.78, 5) is 0. The Morgan fingerprint density at radius 2 is 1.17 bits per heavy atom. The summed E-state index contributed by atoms with van der Waals surface area (Å²) in [6, 6.07) is 36.8. The molecule has 0 aliphatic carbocycles. The molecule has 4 aromatic rings. The van der Waals surface area contributed by atoms with Crippen molar-refractivity contribution in [3.63, 3.8) is 0 Å². The average Bonchev–Trinajstić information content (AvgIpc) is 3.43. The summed E-state index contributed by atoms with van der Waals surface area (Å²) in [6.07, 6.45) is -0.451. The highest BCUT2D eigenvalue weighted by atomic mass is 16.7. The quantitative estimate of drug-likeness (QED) is 0.265. The van der Waals surface area contributed by atoms with Gasteiger partial charge in [-0.05, 0) is 26.0 Å². The van der Waals surface area contributed by atoms with Crippen LogP contribution in [0.5, 0.6) is 11.5 Å². The molecule has 1 aliphatic rings. The molecule has 0 unspecified atom stereocenters. The summed E-state index contributed by atoms with van der Waals surface area (Å²) in [7, 11) is 0. The Labute approximate surface area is 207 Å². The van der Waals surface area contributed by atoms with E-state index in [1.807, 2.05) is 86.6 Å². The lowest BCUT2D eigenvalue weighted by atomic mass is 9.80.